The number of amides is 2. The number of alkyl carbamates (subject to hydrolysis) is 1. The van der Waals surface area contributed by atoms with Crippen molar-refractivity contribution in [3.63, 3.8) is 0 Å². The number of pyridine rings is 1. The average molecular weight is 624 g/mol. The first-order valence-electron chi connectivity index (χ1n) is 13.4. The zero-order valence-electron chi connectivity index (χ0n) is 24.2. The van der Waals surface area contributed by atoms with E-state index < -0.39 is 34.4 Å². The second-order valence-corrected chi connectivity index (χ2v) is 12.1. The Labute approximate surface area is 257 Å². The molecule has 1 atom stereocenters. The minimum absolute atomic E-state index is 0.0809. The molecule has 0 radical (unpaired) electrons. The van der Waals surface area contributed by atoms with E-state index in [0.29, 0.717) is 27.2 Å². The van der Waals surface area contributed by atoms with Gasteiger partial charge < -0.3 is 19.9 Å². The molecule has 2 N–H and O–H groups in total. The van der Waals surface area contributed by atoms with Gasteiger partial charge in [0.15, 0.2) is 0 Å². The van der Waals surface area contributed by atoms with E-state index >= 15 is 0 Å². The molecule has 226 valence electrons. The predicted molar refractivity (Wildman–Crippen MR) is 166 cm³/mol. The fourth-order valence-electron chi connectivity index (χ4n) is 4.49. The van der Waals surface area contributed by atoms with Crippen molar-refractivity contribution >= 4 is 51.3 Å². The normalized spacial score (nSPS) is 12.0. The van der Waals surface area contributed by atoms with Gasteiger partial charge in [0.2, 0.25) is 5.91 Å². The average Bonchev–Trinajstić information content (AvgIpc) is 2.94. The number of ether oxygens (including phenoxy) is 1. The van der Waals surface area contributed by atoms with Crippen LogP contribution in [0.15, 0.2) is 77.7 Å². The van der Waals surface area contributed by atoms with Crippen LogP contribution in [0.3, 0.4) is 0 Å². The van der Waals surface area contributed by atoms with Crippen molar-refractivity contribution in [2.75, 3.05) is 4.41 Å². The minimum Gasteiger partial charge on any atom is -0.754 e. The summed E-state index contributed by atoms with van der Waals surface area (Å²) in [4.78, 5) is 38.8. The maximum absolute atomic E-state index is 13.6. The third-order valence-electron chi connectivity index (χ3n) is 6.52. The molecule has 0 bridgehead atoms. The van der Waals surface area contributed by atoms with Gasteiger partial charge in [-0.2, -0.15) is 0 Å². The maximum Gasteiger partial charge on any atom is 0.407 e. The largest absolute Gasteiger partial charge is 0.754 e. The summed E-state index contributed by atoms with van der Waals surface area (Å²) >= 11 is 3.34. The molecule has 0 fully saturated rings. The highest BCUT2D eigenvalue weighted by Crippen LogP contribution is 2.27. The minimum atomic E-state index is -2.85. The number of carbonyl (C=O) groups is 2. The lowest BCUT2D eigenvalue weighted by atomic mass is 10.1. The molecule has 2 amide bonds. The summed E-state index contributed by atoms with van der Waals surface area (Å²) < 4.78 is 32.0. The van der Waals surface area contributed by atoms with E-state index in [9.17, 15) is 23.1 Å². The number of aromatic nitrogens is 1. The lowest BCUT2D eigenvalue weighted by molar-refractivity contribution is -0.120. The first kappa shape index (κ1) is 31.7. The van der Waals surface area contributed by atoms with Crippen LogP contribution in [0.1, 0.15) is 43.0 Å². The van der Waals surface area contributed by atoms with Gasteiger partial charge >= 0.3 is 6.09 Å². The number of nitrogens with zero attached hydrogens (tertiary/aromatic N) is 2. The van der Waals surface area contributed by atoms with Crippen molar-refractivity contribution in [1.82, 2.24) is 15.3 Å². The van der Waals surface area contributed by atoms with Gasteiger partial charge in [-0.05, 0) is 74.0 Å². The molecule has 4 rings (SSSR count). The van der Waals surface area contributed by atoms with Crippen molar-refractivity contribution in [2.45, 2.75) is 52.8 Å². The highest BCUT2D eigenvalue weighted by molar-refractivity contribution is 7.80. The van der Waals surface area contributed by atoms with Crippen molar-refractivity contribution in [1.29, 1.82) is 0 Å². The first-order valence-corrected chi connectivity index (χ1v) is 14.8. The number of carbonyl (C=O) groups excluding carboxylic acids is 2. The Hall–Kier alpha value is -4.19. The molecule has 0 aliphatic carbocycles. The van der Waals surface area contributed by atoms with Crippen LogP contribution in [0.4, 0.5) is 10.5 Å². The Balaban J connectivity index is 1.54. The highest BCUT2D eigenvalue weighted by atomic mass is 35.5. The second-order valence-electron chi connectivity index (χ2n) is 10.8. The highest BCUT2D eigenvalue weighted by Gasteiger charge is 2.20. The van der Waals surface area contributed by atoms with Crippen LogP contribution in [0.25, 0.3) is 10.8 Å². The third kappa shape index (κ3) is 8.01. The van der Waals surface area contributed by atoms with E-state index in [0.717, 1.165) is 20.0 Å². The molecule has 0 aliphatic heterocycles. The summed E-state index contributed by atoms with van der Waals surface area (Å²) in [6.45, 7) is 7.21. The topological polar surface area (TPSA) is 133 Å². The molecular weight excluding hydrogens is 592 g/mol. The fourth-order valence-corrected chi connectivity index (χ4v) is 5.28. The van der Waals surface area contributed by atoms with Crippen LogP contribution in [0, 0.1) is 6.92 Å². The number of rotatable bonds is 9. The number of anilines is 1. The monoisotopic (exact) mass is 623 g/mol. The molecule has 43 heavy (non-hydrogen) atoms. The summed E-state index contributed by atoms with van der Waals surface area (Å²) in [6, 6.07) is 19.1. The van der Waals surface area contributed by atoms with Gasteiger partial charge in [0.25, 0.3) is 5.56 Å². The SMILES string of the molecule is Cc1ccn(N(c2cccc3ccccc23)S(=O)[O-])c(=O)c1CC(=O)NCc1cc(Cl)ccc1CNC(=O)OC(C)(C)C. The number of nitrogens with one attached hydrogen (secondary N) is 2. The van der Waals surface area contributed by atoms with Crippen LogP contribution >= 0.6 is 11.6 Å². The van der Waals surface area contributed by atoms with Gasteiger partial charge in [-0.15, -0.1) is 0 Å². The summed E-state index contributed by atoms with van der Waals surface area (Å²) in [5.74, 6) is -0.455. The maximum atomic E-state index is 13.6. The van der Waals surface area contributed by atoms with Crippen LogP contribution in [0.2, 0.25) is 5.02 Å². The lowest BCUT2D eigenvalue weighted by Gasteiger charge is -2.29. The molecule has 0 spiro atoms. The Morgan fingerprint density at radius 1 is 1.00 bits per heavy atom. The number of halogens is 1. The third-order valence-corrected chi connectivity index (χ3v) is 7.41. The zero-order valence-corrected chi connectivity index (χ0v) is 25.8. The van der Waals surface area contributed by atoms with Crippen molar-refractivity contribution in [2.24, 2.45) is 0 Å². The molecule has 12 heteroatoms. The van der Waals surface area contributed by atoms with Crippen molar-refractivity contribution < 1.29 is 23.1 Å². The van der Waals surface area contributed by atoms with Crippen LogP contribution in [-0.2, 0) is 40.3 Å². The molecule has 1 aromatic heterocycles. The number of hydrogen-bond acceptors (Lipinski definition) is 6. The summed E-state index contributed by atoms with van der Waals surface area (Å²) in [5, 5.41) is 7.38. The first-order chi connectivity index (χ1) is 20.3. The standard InChI is InChI=1S/C31H33ClN4O6S/c1-20-14-15-35(36(43(40)41)27-11-7-9-21-8-5-6-10-25(21)27)29(38)26(20)17-28(37)33-19-23-16-24(32)13-12-22(23)18-34-30(39)42-31(2,3)4/h5-16H,17-19H2,1-4H3,(H,33,37)(H,34,39)(H,40,41)/p-1. The van der Waals surface area contributed by atoms with Gasteiger partial charge in [0.1, 0.15) is 5.60 Å². The van der Waals surface area contributed by atoms with Crippen LogP contribution in [0.5, 0.6) is 0 Å². The molecular formula is C31H32ClN4O6S-. The van der Waals surface area contributed by atoms with E-state index in [2.05, 4.69) is 10.6 Å². The Morgan fingerprint density at radius 2 is 1.70 bits per heavy atom. The Bertz CT molecular complexity index is 1750. The van der Waals surface area contributed by atoms with E-state index in [-0.39, 0.29) is 25.1 Å². The van der Waals surface area contributed by atoms with E-state index in [1.54, 1.807) is 76.2 Å². The lowest BCUT2D eigenvalue weighted by Crippen LogP contribution is -2.42. The van der Waals surface area contributed by atoms with Gasteiger partial charge in [-0.3, -0.25) is 13.8 Å². The molecule has 10 nitrogen and oxygen atoms in total. The zero-order chi connectivity index (χ0) is 31.3. The number of benzene rings is 3. The van der Waals surface area contributed by atoms with E-state index in [1.165, 1.54) is 6.20 Å². The van der Waals surface area contributed by atoms with E-state index in [1.807, 2.05) is 18.2 Å². The summed E-state index contributed by atoms with van der Waals surface area (Å²) in [7, 11) is 0. The van der Waals surface area contributed by atoms with Gasteiger partial charge in [-0.25, -0.2) is 13.9 Å². The Kier molecular flexibility index (Phi) is 9.90. The van der Waals surface area contributed by atoms with Crippen molar-refractivity contribution in [3.8, 4) is 0 Å². The summed E-state index contributed by atoms with van der Waals surface area (Å²) in [5.41, 5.74) is 1.08. The second kappa shape index (κ2) is 13.4. The molecule has 1 heterocycles. The Morgan fingerprint density at radius 3 is 2.42 bits per heavy atom. The quantitative estimate of drug-likeness (QED) is 0.255. The molecule has 0 saturated carbocycles. The number of hydrogen-bond donors (Lipinski definition) is 2. The van der Waals surface area contributed by atoms with Crippen LogP contribution < -0.4 is 20.6 Å². The molecule has 4 aromatic rings. The molecule has 0 aliphatic rings. The number of aryl methyl sites for hydroxylation is 1. The van der Waals surface area contributed by atoms with Gasteiger partial charge in [0.05, 0.1) is 23.4 Å². The van der Waals surface area contributed by atoms with E-state index in [4.69, 9.17) is 16.3 Å². The smallest absolute Gasteiger partial charge is 0.407 e. The predicted octanol–water partition coefficient (Wildman–Crippen LogP) is 4.91. The molecule has 3 aromatic carbocycles. The van der Waals surface area contributed by atoms with Crippen molar-refractivity contribution in [3.05, 3.63) is 111 Å². The number of fused-ring (bicyclic) bond motifs is 1. The van der Waals surface area contributed by atoms with Gasteiger partial charge in [0, 0.05) is 35.3 Å². The van der Waals surface area contributed by atoms with Gasteiger partial charge in [-0.1, -0.05) is 54.1 Å². The molecule has 0 saturated heterocycles. The molecule has 1 unspecified atom stereocenters. The van der Waals surface area contributed by atoms with Crippen LogP contribution in [-0.4, -0.2) is 31.0 Å². The summed E-state index contributed by atoms with van der Waals surface area (Å²) in [6.07, 6.45) is 0.503. The fraction of sp³-hybridized carbons (Fsp3) is 0.258.